The first-order valence-corrected chi connectivity index (χ1v) is 11.5. The fourth-order valence-corrected chi connectivity index (χ4v) is 5.30. The predicted molar refractivity (Wildman–Crippen MR) is 105 cm³/mol. The first-order valence-electron chi connectivity index (χ1n) is 10.0. The van der Waals surface area contributed by atoms with Crippen LogP contribution in [0.15, 0.2) is 23.1 Å². The van der Waals surface area contributed by atoms with Crippen LogP contribution in [0.25, 0.3) is 0 Å². The van der Waals surface area contributed by atoms with Gasteiger partial charge in [0, 0.05) is 19.1 Å². The summed E-state index contributed by atoms with van der Waals surface area (Å²) >= 11 is 0. The van der Waals surface area contributed by atoms with Gasteiger partial charge in [-0.1, -0.05) is 25.7 Å². The SMILES string of the molecule is COc1ccc(S(=O)(=O)NC2CCCCCC2)cc1C(=O)N1CCCCC1. The number of carbonyl (C=O) groups excluding carboxylic acids is 1. The normalized spacial score (nSPS) is 19.5. The molecule has 27 heavy (non-hydrogen) atoms. The molecule has 1 amide bonds. The van der Waals surface area contributed by atoms with E-state index in [-0.39, 0.29) is 16.8 Å². The number of hydrogen-bond acceptors (Lipinski definition) is 4. The number of carbonyl (C=O) groups is 1. The van der Waals surface area contributed by atoms with Crippen molar-refractivity contribution in [2.75, 3.05) is 20.2 Å². The van der Waals surface area contributed by atoms with Gasteiger partial charge in [0.05, 0.1) is 17.6 Å². The molecule has 1 N–H and O–H groups in total. The van der Waals surface area contributed by atoms with E-state index in [1.165, 1.54) is 19.2 Å². The summed E-state index contributed by atoms with van der Waals surface area (Å²) in [5.41, 5.74) is 0.322. The average Bonchev–Trinajstić information content (AvgIpc) is 2.95. The lowest BCUT2D eigenvalue weighted by molar-refractivity contribution is 0.0720. The molecule has 3 rings (SSSR count). The second-order valence-electron chi connectivity index (χ2n) is 7.52. The molecule has 2 aliphatic rings. The fraction of sp³-hybridized carbons (Fsp3) is 0.650. The lowest BCUT2D eigenvalue weighted by atomic mass is 10.1. The van der Waals surface area contributed by atoms with Crippen LogP contribution in [-0.2, 0) is 10.0 Å². The van der Waals surface area contributed by atoms with Crippen molar-refractivity contribution in [2.45, 2.75) is 68.7 Å². The largest absolute Gasteiger partial charge is 0.496 e. The summed E-state index contributed by atoms with van der Waals surface area (Å²) in [6.07, 6.45) is 9.25. The first-order chi connectivity index (χ1) is 13.0. The van der Waals surface area contributed by atoms with E-state index >= 15 is 0 Å². The Labute approximate surface area is 162 Å². The van der Waals surface area contributed by atoms with Gasteiger partial charge in [-0.2, -0.15) is 0 Å². The van der Waals surface area contributed by atoms with E-state index < -0.39 is 10.0 Å². The highest BCUT2D eigenvalue weighted by Crippen LogP contribution is 2.26. The van der Waals surface area contributed by atoms with Crippen molar-refractivity contribution in [2.24, 2.45) is 0 Å². The fourth-order valence-electron chi connectivity index (χ4n) is 3.97. The van der Waals surface area contributed by atoms with Crippen molar-refractivity contribution in [1.29, 1.82) is 0 Å². The molecule has 6 nitrogen and oxygen atoms in total. The van der Waals surface area contributed by atoms with Gasteiger partial charge < -0.3 is 9.64 Å². The van der Waals surface area contributed by atoms with Crippen LogP contribution < -0.4 is 9.46 Å². The first kappa shape index (κ1) is 20.1. The second kappa shape index (κ2) is 9.06. The lowest BCUT2D eigenvalue weighted by Gasteiger charge is -2.27. The lowest BCUT2D eigenvalue weighted by Crippen LogP contribution is -2.36. The number of rotatable bonds is 5. The van der Waals surface area contributed by atoms with Crippen LogP contribution in [0.2, 0.25) is 0 Å². The molecule has 7 heteroatoms. The van der Waals surface area contributed by atoms with Gasteiger partial charge in [-0.25, -0.2) is 13.1 Å². The number of likely N-dealkylation sites (tertiary alicyclic amines) is 1. The Balaban J connectivity index is 1.83. The average molecular weight is 395 g/mol. The third-order valence-corrected chi connectivity index (χ3v) is 7.05. The zero-order chi connectivity index (χ0) is 19.3. The van der Waals surface area contributed by atoms with Gasteiger partial charge >= 0.3 is 0 Å². The Kier molecular flexibility index (Phi) is 6.76. The van der Waals surface area contributed by atoms with Crippen molar-refractivity contribution in [3.05, 3.63) is 23.8 Å². The molecule has 1 heterocycles. The number of methoxy groups -OCH3 is 1. The molecule has 0 spiro atoms. The maximum Gasteiger partial charge on any atom is 0.257 e. The van der Waals surface area contributed by atoms with Crippen molar-refractivity contribution in [3.8, 4) is 5.75 Å². The van der Waals surface area contributed by atoms with Crippen LogP contribution >= 0.6 is 0 Å². The minimum atomic E-state index is -3.66. The summed E-state index contributed by atoms with van der Waals surface area (Å²) in [7, 11) is -2.16. The summed E-state index contributed by atoms with van der Waals surface area (Å²) in [5.74, 6) is 0.261. The minimum Gasteiger partial charge on any atom is -0.496 e. The van der Waals surface area contributed by atoms with Crippen LogP contribution in [0.3, 0.4) is 0 Å². The molecule has 0 radical (unpaired) electrons. The third kappa shape index (κ3) is 5.02. The Morgan fingerprint density at radius 1 is 1.04 bits per heavy atom. The predicted octanol–water partition coefficient (Wildman–Crippen LogP) is 3.32. The molecule has 2 fully saturated rings. The maximum absolute atomic E-state index is 12.9. The zero-order valence-corrected chi connectivity index (χ0v) is 16.9. The molecule has 1 aromatic carbocycles. The zero-order valence-electron chi connectivity index (χ0n) is 16.1. The smallest absolute Gasteiger partial charge is 0.257 e. The number of ether oxygens (including phenoxy) is 1. The molecule has 1 saturated heterocycles. The Bertz CT molecular complexity index is 749. The molecule has 0 bridgehead atoms. The van der Waals surface area contributed by atoms with Gasteiger partial charge in [0.15, 0.2) is 0 Å². The van der Waals surface area contributed by atoms with Gasteiger partial charge in [-0.3, -0.25) is 4.79 Å². The van der Waals surface area contributed by atoms with E-state index in [1.54, 1.807) is 11.0 Å². The van der Waals surface area contributed by atoms with Crippen molar-refractivity contribution in [1.82, 2.24) is 9.62 Å². The van der Waals surface area contributed by atoms with Crippen LogP contribution in [0, 0.1) is 0 Å². The van der Waals surface area contributed by atoms with Gasteiger partial charge in [-0.15, -0.1) is 0 Å². The van der Waals surface area contributed by atoms with E-state index in [0.717, 1.165) is 57.8 Å². The molecule has 1 saturated carbocycles. The number of amides is 1. The van der Waals surface area contributed by atoms with Crippen molar-refractivity contribution >= 4 is 15.9 Å². The summed E-state index contributed by atoms with van der Waals surface area (Å²) in [4.78, 5) is 14.8. The molecular weight excluding hydrogens is 364 g/mol. The molecule has 0 aromatic heterocycles. The Morgan fingerprint density at radius 2 is 1.67 bits per heavy atom. The number of hydrogen-bond donors (Lipinski definition) is 1. The third-order valence-electron chi connectivity index (χ3n) is 5.53. The highest BCUT2D eigenvalue weighted by atomic mass is 32.2. The Hall–Kier alpha value is -1.60. The summed E-state index contributed by atoms with van der Waals surface area (Å²) < 4.78 is 33.9. The number of nitrogens with zero attached hydrogens (tertiary/aromatic N) is 1. The van der Waals surface area contributed by atoms with E-state index in [4.69, 9.17) is 4.74 Å². The van der Waals surface area contributed by atoms with Crippen molar-refractivity contribution in [3.63, 3.8) is 0 Å². The highest BCUT2D eigenvalue weighted by Gasteiger charge is 2.26. The number of sulfonamides is 1. The number of nitrogens with one attached hydrogen (secondary N) is 1. The van der Waals surface area contributed by atoms with E-state index in [0.29, 0.717) is 24.4 Å². The summed E-state index contributed by atoms with van der Waals surface area (Å²) in [6.45, 7) is 1.42. The standard InChI is InChI=1S/C20H30N2O4S/c1-26-19-12-11-17(15-18(19)20(23)22-13-7-4-8-14-22)27(24,25)21-16-9-5-2-3-6-10-16/h11-12,15-16,21H,2-10,13-14H2,1H3. The van der Waals surface area contributed by atoms with Crippen LogP contribution in [0.5, 0.6) is 5.75 Å². The van der Waals surface area contributed by atoms with Crippen LogP contribution in [-0.4, -0.2) is 45.5 Å². The maximum atomic E-state index is 12.9. The summed E-state index contributed by atoms with van der Waals surface area (Å²) in [5, 5.41) is 0. The highest BCUT2D eigenvalue weighted by molar-refractivity contribution is 7.89. The quantitative estimate of drug-likeness (QED) is 0.778. The molecule has 150 valence electrons. The molecule has 1 aliphatic heterocycles. The van der Waals surface area contributed by atoms with E-state index in [1.807, 2.05) is 0 Å². The van der Waals surface area contributed by atoms with Gasteiger partial charge in [-0.05, 0) is 50.3 Å². The molecule has 1 aliphatic carbocycles. The number of piperidine rings is 1. The van der Waals surface area contributed by atoms with Gasteiger partial charge in [0.25, 0.3) is 5.91 Å². The second-order valence-corrected chi connectivity index (χ2v) is 9.24. The van der Waals surface area contributed by atoms with E-state index in [2.05, 4.69) is 4.72 Å². The molecule has 1 aromatic rings. The summed E-state index contributed by atoms with van der Waals surface area (Å²) in [6, 6.07) is 4.54. The van der Waals surface area contributed by atoms with E-state index in [9.17, 15) is 13.2 Å². The molecule has 0 unspecified atom stereocenters. The monoisotopic (exact) mass is 394 g/mol. The Morgan fingerprint density at radius 3 is 2.30 bits per heavy atom. The minimum absolute atomic E-state index is 0.0270. The van der Waals surface area contributed by atoms with Crippen LogP contribution in [0.4, 0.5) is 0 Å². The van der Waals surface area contributed by atoms with Crippen molar-refractivity contribution < 1.29 is 17.9 Å². The molecular formula is C20H30N2O4S. The van der Waals surface area contributed by atoms with Gasteiger partial charge in [0.2, 0.25) is 10.0 Å². The topological polar surface area (TPSA) is 75.7 Å². The van der Waals surface area contributed by atoms with Gasteiger partial charge in [0.1, 0.15) is 5.75 Å². The molecule has 0 atom stereocenters. The number of benzene rings is 1. The van der Waals surface area contributed by atoms with Crippen LogP contribution in [0.1, 0.15) is 68.1 Å².